The molecule has 0 aromatic heterocycles. The molecule has 2 aliphatic rings. The number of allylic oxidation sites excluding steroid dienone is 3. The van der Waals surface area contributed by atoms with E-state index < -0.39 is 5.97 Å². The fraction of sp³-hybridized carbons (Fsp3) is 0.545. The van der Waals surface area contributed by atoms with Gasteiger partial charge in [0.05, 0.1) is 0 Å². The van der Waals surface area contributed by atoms with Crippen LogP contribution in [0.4, 0.5) is 0 Å². The number of aliphatic carboxylic acids is 1. The number of carboxylic acid groups (broad SMARTS) is 1. The molecule has 2 nitrogen and oxygen atoms in total. The number of carbonyl (C=O) groups is 1. The van der Waals surface area contributed by atoms with Crippen LogP contribution in [0.1, 0.15) is 26.2 Å². The maximum absolute atomic E-state index is 10.4. The van der Waals surface area contributed by atoms with Gasteiger partial charge in [-0.1, -0.05) is 24.1 Å². The van der Waals surface area contributed by atoms with Crippen molar-refractivity contribution < 1.29 is 9.90 Å². The Morgan fingerprint density at radius 2 is 2.46 bits per heavy atom. The largest absolute Gasteiger partial charge is 0.478 e. The summed E-state index contributed by atoms with van der Waals surface area (Å²) in [5, 5.41) is 8.59. The SMILES string of the molecule is CCC1=C[C@H]2/C(=C/C(=O)O)C[C@H]2C1. The van der Waals surface area contributed by atoms with Gasteiger partial charge in [0.25, 0.3) is 0 Å². The van der Waals surface area contributed by atoms with E-state index >= 15 is 0 Å². The summed E-state index contributed by atoms with van der Waals surface area (Å²) in [6.45, 7) is 2.16. The molecular weight excluding hydrogens is 164 g/mol. The molecule has 0 heterocycles. The molecule has 2 atom stereocenters. The van der Waals surface area contributed by atoms with E-state index in [1.165, 1.54) is 18.1 Å². The predicted molar refractivity (Wildman–Crippen MR) is 50.3 cm³/mol. The highest BCUT2D eigenvalue weighted by atomic mass is 16.4. The van der Waals surface area contributed by atoms with E-state index in [2.05, 4.69) is 13.0 Å². The standard InChI is InChI=1S/C11H14O2/c1-2-7-3-8-5-9(6-11(12)13)10(8)4-7/h4,6,8,10H,2-3,5H2,1H3,(H,12,13)/b9-6+/t8-,10-/m1/s1. The Bertz CT molecular complexity index is 299. The summed E-state index contributed by atoms with van der Waals surface area (Å²) >= 11 is 0. The lowest BCUT2D eigenvalue weighted by atomic mass is 9.71. The Hall–Kier alpha value is -1.05. The molecule has 0 spiro atoms. The van der Waals surface area contributed by atoms with Gasteiger partial charge in [-0.15, -0.1) is 0 Å². The average Bonchev–Trinajstić information content (AvgIpc) is 2.38. The Kier molecular flexibility index (Phi) is 1.98. The fourth-order valence-corrected chi connectivity index (χ4v) is 2.38. The molecule has 0 saturated heterocycles. The van der Waals surface area contributed by atoms with Crippen LogP contribution in [-0.2, 0) is 4.79 Å². The van der Waals surface area contributed by atoms with Crippen molar-refractivity contribution >= 4 is 5.97 Å². The fourth-order valence-electron chi connectivity index (χ4n) is 2.38. The van der Waals surface area contributed by atoms with Crippen molar-refractivity contribution in [2.45, 2.75) is 26.2 Å². The Morgan fingerprint density at radius 3 is 3.08 bits per heavy atom. The van der Waals surface area contributed by atoms with Gasteiger partial charge in [-0.3, -0.25) is 0 Å². The lowest BCUT2D eigenvalue weighted by Crippen LogP contribution is -2.24. The molecule has 2 rings (SSSR count). The van der Waals surface area contributed by atoms with Crippen LogP contribution < -0.4 is 0 Å². The molecule has 0 amide bonds. The maximum Gasteiger partial charge on any atom is 0.328 e. The van der Waals surface area contributed by atoms with Gasteiger partial charge >= 0.3 is 5.97 Å². The number of hydrogen-bond acceptors (Lipinski definition) is 1. The van der Waals surface area contributed by atoms with Crippen LogP contribution in [0.2, 0.25) is 0 Å². The van der Waals surface area contributed by atoms with E-state index in [9.17, 15) is 4.79 Å². The minimum Gasteiger partial charge on any atom is -0.478 e. The average molecular weight is 178 g/mol. The third kappa shape index (κ3) is 1.41. The molecule has 0 aliphatic heterocycles. The first-order valence-corrected chi connectivity index (χ1v) is 4.83. The molecule has 0 unspecified atom stereocenters. The Morgan fingerprint density at radius 1 is 1.69 bits per heavy atom. The molecule has 0 radical (unpaired) electrons. The molecule has 0 aromatic rings. The quantitative estimate of drug-likeness (QED) is 0.520. The van der Waals surface area contributed by atoms with Crippen molar-refractivity contribution in [1.29, 1.82) is 0 Å². The van der Waals surface area contributed by atoms with E-state index in [-0.39, 0.29) is 0 Å². The minimum absolute atomic E-state index is 0.464. The minimum atomic E-state index is -0.799. The van der Waals surface area contributed by atoms with E-state index in [4.69, 9.17) is 5.11 Å². The molecule has 1 fully saturated rings. The van der Waals surface area contributed by atoms with Crippen molar-refractivity contribution in [3.8, 4) is 0 Å². The van der Waals surface area contributed by atoms with E-state index in [1.807, 2.05) is 0 Å². The van der Waals surface area contributed by atoms with Crippen molar-refractivity contribution in [3.63, 3.8) is 0 Å². The van der Waals surface area contributed by atoms with Gasteiger partial charge in [-0.25, -0.2) is 4.79 Å². The topological polar surface area (TPSA) is 37.3 Å². The maximum atomic E-state index is 10.4. The molecule has 0 bridgehead atoms. The van der Waals surface area contributed by atoms with Crippen LogP contribution in [-0.4, -0.2) is 11.1 Å². The molecule has 2 aliphatic carbocycles. The number of hydrogen-bond donors (Lipinski definition) is 1. The molecular formula is C11H14O2. The van der Waals surface area contributed by atoms with E-state index in [0.717, 1.165) is 24.3 Å². The van der Waals surface area contributed by atoms with Crippen molar-refractivity contribution in [3.05, 3.63) is 23.3 Å². The summed E-state index contributed by atoms with van der Waals surface area (Å²) in [7, 11) is 0. The Labute approximate surface area is 78.0 Å². The van der Waals surface area contributed by atoms with Gasteiger partial charge in [0.15, 0.2) is 0 Å². The van der Waals surface area contributed by atoms with E-state index in [0.29, 0.717) is 5.92 Å². The van der Waals surface area contributed by atoms with Crippen molar-refractivity contribution in [2.24, 2.45) is 11.8 Å². The third-order valence-corrected chi connectivity index (χ3v) is 3.14. The van der Waals surface area contributed by atoms with Crippen LogP contribution in [0.15, 0.2) is 23.3 Å². The van der Waals surface area contributed by atoms with Crippen LogP contribution in [0.3, 0.4) is 0 Å². The second kappa shape index (κ2) is 3.02. The zero-order chi connectivity index (χ0) is 9.42. The highest BCUT2D eigenvalue weighted by Crippen LogP contribution is 2.49. The number of rotatable bonds is 2. The first-order chi connectivity index (χ1) is 6.20. The van der Waals surface area contributed by atoms with Gasteiger partial charge < -0.3 is 5.11 Å². The van der Waals surface area contributed by atoms with Gasteiger partial charge in [-0.2, -0.15) is 0 Å². The van der Waals surface area contributed by atoms with Gasteiger partial charge in [0.1, 0.15) is 0 Å². The van der Waals surface area contributed by atoms with Crippen LogP contribution in [0.5, 0.6) is 0 Å². The van der Waals surface area contributed by atoms with Gasteiger partial charge in [0, 0.05) is 12.0 Å². The molecule has 0 aromatic carbocycles. The molecule has 2 heteroatoms. The molecule has 1 N–H and O–H groups in total. The molecule has 70 valence electrons. The van der Waals surface area contributed by atoms with Crippen LogP contribution >= 0.6 is 0 Å². The summed E-state index contributed by atoms with van der Waals surface area (Å²) < 4.78 is 0. The number of carboxylic acids is 1. The molecule has 13 heavy (non-hydrogen) atoms. The van der Waals surface area contributed by atoms with Crippen LogP contribution in [0, 0.1) is 11.8 Å². The second-order valence-corrected chi connectivity index (χ2v) is 3.93. The summed E-state index contributed by atoms with van der Waals surface area (Å²) in [6.07, 6.45) is 6.96. The Balaban J connectivity index is 2.09. The molecule has 1 saturated carbocycles. The highest BCUT2D eigenvalue weighted by molar-refractivity contribution is 5.81. The normalized spacial score (nSPS) is 33.9. The summed E-state index contributed by atoms with van der Waals surface area (Å²) in [4.78, 5) is 10.4. The second-order valence-electron chi connectivity index (χ2n) is 3.93. The lowest BCUT2D eigenvalue weighted by molar-refractivity contribution is -0.131. The first-order valence-electron chi connectivity index (χ1n) is 4.83. The van der Waals surface area contributed by atoms with Gasteiger partial charge in [-0.05, 0) is 25.2 Å². The summed E-state index contributed by atoms with van der Waals surface area (Å²) in [6, 6.07) is 0. The predicted octanol–water partition coefficient (Wildman–Crippen LogP) is 2.37. The third-order valence-electron chi connectivity index (χ3n) is 3.14. The zero-order valence-corrected chi connectivity index (χ0v) is 7.79. The van der Waals surface area contributed by atoms with E-state index in [1.54, 1.807) is 0 Å². The highest BCUT2D eigenvalue weighted by Gasteiger charge is 2.38. The monoisotopic (exact) mass is 178 g/mol. The first kappa shape index (κ1) is 8.54. The summed E-state index contributed by atoms with van der Waals surface area (Å²) in [5.41, 5.74) is 2.62. The van der Waals surface area contributed by atoms with Gasteiger partial charge in [0.2, 0.25) is 0 Å². The zero-order valence-electron chi connectivity index (χ0n) is 7.79. The van der Waals surface area contributed by atoms with Crippen molar-refractivity contribution in [1.82, 2.24) is 0 Å². The van der Waals surface area contributed by atoms with Crippen LogP contribution in [0.25, 0.3) is 0 Å². The smallest absolute Gasteiger partial charge is 0.328 e. The summed E-state index contributed by atoms with van der Waals surface area (Å²) in [5.74, 6) is 0.387. The lowest BCUT2D eigenvalue weighted by Gasteiger charge is -2.33. The van der Waals surface area contributed by atoms with Crippen molar-refractivity contribution in [2.75, 3.05) is 0 Å². The number of fused-ring (bicyclic) bond motifs is 1.